The Morgan fingerprint density at radius 2 is 1.20 bits per heavy atom. The van der Waals surface area contributed by atoms with E-state index in [0.29, 0.717) is 0 Å². The van der Waals surface area contributed by atoms with Gasteiger partial charge in [0.15, 0.2) is 10.7 Å². The van der Waals surface area contributed by atoms with Gasteiger partial charge in [-0.05, 0) is 0 Å². The first-order valence-electron chi connectivity index (χ1n) is 1.80. The van der Waals surface area contributed by atoms with E-state index in [9.17, 15) is 9.59 Å². The second-order valence-electron chi connectivity index (χ2n) is 0.907. The van der Waals surface area contributed by atoms with Crippen molar-refractivity contribution in [1.29, 1.82) is 0 Å². The lowest BCUT2D eigenvalue weighted by Gasteiger charge is -1.85. The van der Waals surface area contributed by atoms with E-state index in [0.717, 1.165) is 0 Å². The minimum Gasteiger partial charge on any atom is -0.271 e. The predicted octanol–water partition coefficient (Wildman–Crippen LogP) is -0.564. The largest absolute Gasteiger partial charge is 0.448 e. The molecule has 0 heterocycles. The zero-order valence-electron chi connectivity index (χ0n) is 4.34. The molecule has 0 aromatic carbocycles. The van der Waals surface area contributed by atoms with E-state index in [4.69, 9.17) is 9.81 Å². The molecule has 0 amide bonds. The van der Waals surface area contributed by atoms with Crippen molar-refractivity contribution in [1.82, 2.24) is 0 Å². The Kier molecular flexibility index (Phi) is 3.31. The van der Waals surface area contributed by atoms with Gasteiger partial charge >= 0.3 is 11.9 Å². The van der Waals surface area contributed by atoms with E-state index in [1.165, 1.54) is 0 Å². The van der Waals surface area contributed by atoms with Crippen LogP contribution in [0.2, 0.25) is 0 Å². The molecular formula is C2N2O6. The minimum atomic E-state index is -1.70. The average molecular weight is 148 g/mol. The second kappa shape index (κ2) is 4.06. The van der Waals surface area contributed by atoms with E-state index < -0.39 is 11.9 Å². The normalized spacial score (nSPS) is 7.60. The maximum Gasteiger partial charge on any atom is 0.448 e. The number of hydrogen-bond acceptors (Lipinski definition) is 8. The highest BCUT2D eigenvalue weighted by molar-refractivity contribution is 6.29. The fraction of sp³-hybridized carbons (Fsp3) is 0. The lowest BCUT2D eigenvalue weighted by atomic mass is 10.7. The zero-order chi connectivity index (χ0) is 7.98. The molecule has 0 aliphatic carbocycles. The molecule has 0 N–H and O–H groups in total. The summed E-state index contributed by atoms with van der Waals surface area (Å²) in [4.78, 5) is 44.5. The quantitative estimate of drug-likeness (QED) is 0.294. The van der Waals surface area contributed by atoms with Gasteiger partial charge < -0.3 is 0 Å². The Morgan fingerprint density at radius 3 is 1.40 bits per heavy atom. The molecule has 0 aromatic heterocycles. The fourth-order valence-electron chi connectivity index (χ4n) is 0.142. The van der Waals surface area contributed by atoms with Crippen LogP contribution in [0.1, 0.15) is 0 Å². The van der Waals surface area contributed by atoms with Crippen LogP contribution in [0.3, 0.4) is 0 Å². The van der Waals surface area contributed by atoms with Gasteiger partial charge in [0.25, 0.3) is 0 Å². The Bertz CT molecular complexity index is 155. The molecule has 0 fully saturated rings. The van der Waals surface area contributed by atoms with E-state index in [1.807, 2.05) is 0 Å². The van der Waals surface area contributed by atoms with E-state index in [-0.39, 0.29) is 0 Å². The molecule has 0 atom stereocenters. The van der Waals surface area contributed by atoms with Crippen LogP contribution in [0.4, 0.5) is 0 Å². The summed E-state index contributed by atoms with van der Waals surface area (Å²) >= 11 is 0. The molecule has 8 nitrogen and oxygen atoms in total. The van der Waals surface area contributed by atoms with Crippen LogP contribution in [-0.2, 0) is 19.3 Å². The van der Waals surface area contributed by atoms with Crippen LogP contribution in [0.25, 0.3) is 0 Å². The van der Waals surface area contributed by atoms with Crippen LogP contribution >= 0.6 is 0 Å². The standard InChI is InChI=1S/C2N2O6/c5-1(9-3-7)2(6)10-4-8. The summed E-state index contributed by atoms with van der Waals surface area (Å²) in [5, 5.41) is 3.19. The van der Waals surface area contributed by atoms with Crippen LogP contribution in [0, 0.1) is 9.81 Å². The van der Waals surface area contributed by atoms with Crippen LogP contribution < -0.4 is 0 Å². The van der Waals surface area contributed by atoms with Crippen molar-refractivity contribution in [2.24, 2.45) is 10.7 Å². The van der Waals surface area contributed by atoms with Crippen molar-refractivity contribution in [2.45, 2.75) is 0 Å². The Balaban J connectivity index is 3.81. The molecule has 0 aromatic rings. The SMILES string of the molecule is O=NOC(=O)C(=O)ON=O. The van der Waals surface area contributed by atoms with Crippen LogP contribution in [-0.4, -0.2) is 11.9 Å². The second-order valence-corrected chi connectivity index (χ2v) is 0.907. The van der Waals surface area contributed by atoms with Crippen molar-refractivity contribution >= 4 is 11.9 Å². The molecule has 8 heteroatoms. The van der Waals surface area contributed by atoms with Gasteiger partial charge in [-0.15, -0.1) is 9.81 Å². The molecule has 0 bridgehead atoms. The van der Waals surface area contributed by atoms with Crippen molar-refractivity contribution < 1.29 is 19.3 Å². The molecule has 0 spiro atoms. The first-order valence-corrected chi connectivity index (χ1v) is 1.80. The molecule has 0 aliphatic rings. The Hall–Kier alpha value is -1.86. The highest BCUT2D eigenvalue weighted by atomic mass is 16.8. The van der Waals surface area contributed by atoms with Crippen LogP contribution in [0.15, 0.2) is 10.7 Å². The highest BCUT2D eigenvalue weighted by Crippen LogP contribution is 1.84. The van der Waals surface area contributed by atoms with E-state index >= 15 is 0 Å². The Morgan fingerprint density at radius 1 is 0.900 bits per heavy atom. The Labute approximate surface area is 53.0 Å². The number of carbonyl (C=O) groups excluding carboxylic acids is 2. The molecular weight excluding hydrogens is 148 g/mol. The van der Waals surface area contributed by atoms with Crippen molar-refractivity contribution in [3.8, 4) is 0 Å². The van der Waals surface area contributed by atoms with Gasteiger partial charge in [-0.1, -0.05) is 0 Å². The molecule has 0 saturated carbocycles. The smallest absolute Gasteiger partial charge is 0.271 e. The summed E-state index contributed by atoms with van der Waals surface area (Å²) in [6.45, 7) is 0. The third-order valence-electron chi connectivity index (χ3n) is 0.407. The third-order valence-corrected chi connectivity index (χ3v) is 0.407. The maximum atomic E-state index is 9.94. The number of carbonyl (C=O) groups is 2. The van der Waals surface area contributed by atoms with Gasteiger partial charge in [0, 0.05) is 0 Å². The maximum absolute atomic E-state index is 9.94. The average Bonchev–Trinajstić information content (AvgIpc) is 1.89. The minimum absolute atomic E-state index is 1.59. The van der Waals surface area contributed by atoms with E-state index in [2.05, 4.69) is 9.68 Å². The summed E-state index contributed by atoms with van der Waals surface area (Å²) in [6.07, 6.45) is 0. The highest BCUT2D eigenvalue weighted by Gasteiger charge is 2.19. The topological polar surface area (TPSA) is 111 Å². The first-order chi connectivity index (χ1) is 4.72. The molecule has 54 valence electrons. The summed E-state index contributed by atoms with van der Waals surface area (Å²) < 4.78 is 0. The summed E-state index contributed by atoms with van der Waals surface area (Å²) in [5.74, 6) is -3.40. The van der Waals surface area contributed by atoms with Crippen molar-refractivity contribution in [3.63, 3.8) is 0 Å². The summed E-state index contributed by atoms with van der Waals surface area (Å²) in [7, 11) is 0. The van der Waals surface area contributed by atoms with Gasteiger partial charge in [0.05, 0.1) is 0 Å². The lowest BCUT2D eigenvalue weighted by Crippen LogP contribution is -2.15. The first kappa shape index (κ1) is 8.14. The molecule has 0 aliphatic heterocycles. The zero-order valence-corrected chi connectivity index (χ0v) is 4.34. The summed E-state index contributed by atoms with van der Waals surface area (Å²) in [5.41, 5.74) is 0. The third kappa shape index (κ3) is 2.45. The number of rotatable bonds is 2. The van der Waals surface area contributed by atoms with Gasteiger partial charge in [-0.3, -0.25) is 9.68 Å². The molecule has 0 unspecified atom stereocenters. The molecule has 0 rings (SSSR count). The summed E-state index contributed by atoms with van der Waals surface area (Å²) in [6, 6.07) is 0. The fourth-order valence-corrected chi connectivity index (χ4v) is 0.142. The lowest BCUT2D eigenvalue weighted by molar-refractivity contribution is -0.168. The predicted molar refractivity (Wildman–Crippen MR) is 23.8 cm³/mol. The number of nitrogens with zero attached hydrogens (tertiary/aromatic N) is 2. The van der Waals surface area contributed by atoms with Gasteiger partial charge in [0.2, 0.25) is 0 Å². The molecule has 10 heavy (non-hydrogen) atoms. The van der Waals surface area contributed by atoms with E-state index in [1.54, 1.807) is 10.7 Å². The van der Waals surface area contributed by atoms with Gasteiger partial charge in [-0.2, -0.15) is 0 Å². The number of hydrogen-bond donors (Lipinski definition) is 0. The van der Waals surface area contributed by atoms with Crippen molar-refractivity contribution in [3.05, 3.63) is 9.81 Å². The van der Waals surface area contributed by atoms with Gasteiger partial charge in [-0.25, -0.2) is 9.59 Å². The monoisotopic (exact) mass is 148 g/mol. The molecule has 0 saturated heterocycles. The molecule has 0 radical (unpaired) electrons. The van der Waals surface area contributed by atoms with Crippen LogP contribution in [0.5, 0.6) is 0 Å². The van der Waals surface area contributed by atoms with Gasteiger partial charge in [0.1, 0.15) is 0 Å². The van der Waals surface area contributed by atoms with Crippen molar-refractivity contribution in [2.75, 3.05) is 0 Å².